The van der Waals surface area contributed by atoms with Crippen molar-refractivity contribution in [2.24, 2.45) is 0 Å². The number of carbonyl (C=O) groups excluding carboxylic acids is 2. The van der Waals surface area contributed by atoms with E-state index in [9.17, 15) is 14.7 Å². The highest BCUT2D eigenvalue weighted by Crippen LogP contribution is 2.45. The first-order valence-corrected chi connectivity index (χ1v) is 11.5. The Hall–Kier alpha value is -2.74. The summed E-state index contributed by atoms with van der Waals surface area (Å²) in [6, 6.07) is 9.21. The highest BCUT2D eigenvalue weighted by atomic mass is 35.5. The van der Waals surface area contributed by atoms with Gasteiger partial charge in [0.15, 0.2) is 0 Å². The molecule has 3 rings (SSSR count). The average Bonchev–Trinajstić information content (AvgIpc) is 3.01. The van der Waals surface area contributed by atoms with Gasteiger partial charge >= 0.3 is 0 Å². The second-order valence-electron chi connectivity index (χ2n) is 8.47. The number of methoxy groups -OCH3 is 1. The molecule has 0 aliphatic carbocycles. The number of halogens is 2. The van der Waals surface area contributed by atoms with E-state index in [2.05, 4.69) is 0 Å². The third-order valence-electron chi connectivity index (χ3n) is 5.37. The molecule has 1 saturated heterocycles. The van der Waals surface area contributed by atoms with Gasteiger partial charge in [0.05, 0.1) is 35.4 Å². The van der Waals surface area contributed by atoms with E-state index < -0.39 is 23.5 Å². The Bertz CT molecular complexity index is 1130. The van der Waals surface area contributed by atoms with Gasteiger partial charge in [-0.05, 0) is 46.1 Å². The van der Waals surface area contributed by atoms with Crippen LogP contribution in [0.1, 0.15) is 31.0 Å². The summed E-state index contributed by atoms with van der Waals surface area (Å²) >= 11 is 12.5. The van der Waals surface area contributed by atoms with Crippen LogP contribution in [0.5, 0.6) is 11.5 Å². The van der Waals surface area contributed by atoms with Crippen LogP contribution in [0.25, 0.3) is 5.76 Å². The van der Waals surface area contributed by atoms with Gasteiger partial charge in [-0.2, -0.15) is 0 Å². The first kappa shape index (κ1) is 25.9. The zero-order valence-electron chi connectivity index (χ0n) is 19.8. The molecule has 1 aliphatic heterocycles. The Morgan fingerprint density at radius 2 is 1.85 bits per heavy atom. The molecule has 1 atom stereocenters. The molecule has 1 heterocycles. The van der Waals surface area contributed by atoms with Crippen LogP contribution in [0, 0.1) is 0 Å². The molecular weight excluding hydrogens is 479 g/mol. The molecule has 34 heavy (non-hydrogen) atoms. The van der Waals surface area contributed by atoms with Crippen LogP contribution in [0.4, 0.5) is 0 Å². The summed E-state index contributed by atoms with van der Waals surface area (Å²) < 4.78 is 11.4. The van der Waals surface area contributed by atoms with Gasteiger partial charge in [-0.25, -0.2) is 0 Å². The molecule has 0 spiro atoms. The summed E-state index contributed by atoms with van der Waals surface area (Å²) in [5, 5.41) is 11.8. The Kier molecular flexibility index (Phi) is 8.13. The third kappa shape index (κ3) is 5.17. The standard InChI is InChI=1S/C25H28Cl2N2O5/c1-14(2)34-19-9-7-6-8-16(19)21-20(23(31)25(32)29(21)11-10-28(3)4)22(30)17-12-15(26)13-18(27)24(17)33-5/h6-9,12-14,21,30H,10-11H2,1-5H3/b22-20+. The SMILES string of the molecule is COc1c(Cl)cc(Cl)cc1/C(O)=C1\C(=O)C(=O)N(CCN(C)C)C1c1ccccc1OC(C)C. The first-order chi connectivity index (χ1) is 16.1. The van der Waals surface area contributed by atoms with Gasteiger partial charge in [0.1, 0.15) is 17.3 Å². The molecule has 0 saturated carbocycles. The molecule has 9 heteroatoms. The number of nitrogens with zero attached hydrogens (tertiary/aromatic N) is 2. The van der Waals surface area contributed by atoms with Crippen LogP contribution in [0.2, 0.25) is 10.0 Å². The van der Waals surface area contributed by atoms with E-state index in [0.29, 0.717) is 17.9 Å². The second-order valence-corrected chi connectivity index (χ2v) is 9.31. The number of amides is 1. The van der Waals surface area contributed by atoms with E-state index in [1.54, 1.807) is 18.2 Å². The number of carbonyl (C=O) groups is 2. The van der Waals surface area contributed by atoms with E-state index in [0.717, 1.165) is 0 Å². The molecule has 2 aromatic carbocycles. The zero-order valence-corrected chi connectivity index (χ0v) is 21.3. The number of aliphatic hydroxyl groups excluding tert-OH is 1. The van der Waals surface area contributed by atoms with Gasteiger partial charge in [0.2, 0.25) is 0 Å². The minimum atomic E-state index is -0.877. The van der Waals surface area contributed by atoms with Gasteiger partial charge in [0, 0.05) is 23.7 Å². The van der Waals surface area contributed by atoms with Crippen molar-refractivity contribution in [2.45, 2.75) is 26.0 Å². The predicted octanol–water partition coefficient (Wildman–Crippen LogP) is 4.77. The molecule has 1 N–H and O–H groups in total. The van der Waals surface area contributed by atoms with E-state index in [1.165, 1.54) is 24.1 Å². The van der Waals surface area contributed by atoms with Crippen molar-refractivity contribution >= 4 is 40.7 Å². The molecule has 182 valence electrons. The van der Waals surface area contributed by atoms with Gasteiger partial charge in [0.25, 0.3) is 11.7 Å². The van der Waals surface area contributed by atoms with Crippen LogP contribution in [-0.2, 0) is 9.59 Å². The predicted molar refractivity (Wildman–Crippen MR) is 133 cm³/mol. The van der Waals surface area contributed by atoms with E-state index >= 15 is 0 Å². The zero-order chi connectivity index (χ0) is 25.2. The molecule has 2 aromatic rings. The molecule has 0 aromatic heterocycles. The maximum atomic E-state index is 13.3. The summed E-state index contributed by atoms with van der Waals surface area (Å²) in [6.07, 6.45) is -0.142. The highest BCUT2D eigenvalue weighted by Gasteiger charge is 2.47. The Morgan fingerprint density at radius 1 is 1.18 bits per heavy atom. The summed E-state index contributed by atoms with van der Waals surface area (Å²) in [4.78, 5) is 29.8. The van der Waals surface area contributed by atoms with Crippen LogP contribution in [-0.4, -0.2) is 67.0 Å². The minimum absolute atomic E-state index is 0.0832. The van der Waals surface area contributed by atoms with Gasteiger partial charge in [-0.15, -0.1) is 0 Å². The molecule has 1 unspecified atom stereocenters. The summed E-state index contributed by atoms with van der Waals surface area (Å²) in [5.41, 5.74) is 0.626. The van der Waals surface area contributed by atoms with Gasteiger partial charge < -0.3 is 24.4 Å². The number of aliphatic hydroxyl groups is 1. The monoisotopic (exact) mass is 506 g/mol. The Labute approximate surface area is 209 Å². The van der Waals surface area contributed by atoms with Crippen LogP contribution in [0.15, 0.2) is 42.0 Å². The van der Waals surface area contributed by atoms with E-state index in [-0.39, 0.29) is 39.6 Å². The van der Waals surface area contributed by atoms with Crippen molar-refractivity contribution in [1.29, 1.82) is 0 Å². The lowest BCUT2D eigenvalue weighted by atomic mass is 9.94. The number of hydrogen-bond donors (Lipinski definition) is 1. The number of ketones is 1. The Morgan fingerprint density at radius 3 is 2.47 bits per heavy atom. The normalized spacial score (nSPS) is 17.7. The number of benzene rings is 2. The average molecular weight is 507 g/mol. The number of rotatable bonds is 8. The summed E-state index contributed by atoms with van der Waals surface area (Å²) in [6.45, 7) is 4.56. The fourth-order valence-electron chi connectivity index (χ4n) is 3.90. The van der Waals surface area contributed by atoms with Crippen molar-refractivity contribution in [3.63, 3.8) is 0 Å². The second kappa shape index (κ2) is 10.7. The van der Waals surface area contributed by atoms with Crippen LogP contribution in [0.3, 0.4) is 0 Å². The smallest absolute Gasteiger partial charge is 0.295 e. The fourth-order valence-corrected chi connectivity index (χ4v) is 4.47. The lowest BCUT2D eigenvalue weighted by Gasteiger charge is -2.28. The largest absolute Gasteiger partial charge is 0.507 e. The molecule has 1 aliphatic rings. The number of ether oxygens (including phenoxy) is 2. The molecule has 7 nitrogen and oxygen atoms in total. The third-order valence-corrected chi connectivity index (χ3v) is 5.87. The van der Waals surface area contributed by atoms with Crippen LogP contribution >= 0.6 is 23.2 Å². The molecule has 0 radical (unpaired) electrons. The molecular formula is C25H28Cl2N2O5. The molecule has 0 bridgehead atoms. The number of para-hydroxylation sites is 1. The highest BCUT2D eigenvalue weighted by molar-refractivity contribution is 6.47. The summed E-state index contributed by atoms with van der Waals surface area (Å²) in [7, 11) is 5.14. The van der Waals surface area contributed by atoms with Crippen LogP contribution < -0.4 is 9.47 Å². The maximum absolute atomic E-state index is 13.3. The van der Waals surface area contributed by atoms with Gasteiger partial charge in [-0.3, -0.25) is 9.59 Å². The minimum Gasteiger partial charge on any atom is -0.507 e. The van der Waals surface area contributed by atoms with Crippen molar-refractivity contribution < 1.29 is 24.2 Å². The quantitative estimate of drug-likeness (QED) is 0.315. The Balaban J connectivity index is 2.29. The lowest BCUT2D eigenvalue weighted by molar-refractivity contribution is -0.140. The topological polar surface area (TPSA) is 79.3 Å². The van der Waals surface area contributed by atoms with E-state index in [4.69, 9.17) is 32.7 Å². The molecule has 1 fully saturated rings. The van der Waals surface area contributed by atoms with Crippen molar-refractivity contribution in [3.8, 4) is 11.5 Å². The maximum Gasteiger partial charge on any atom is 0.295 e. The number of likely N-dealkylation sites (N-methyl/N-ethyl adjacent to an activating group) is 1. The molecule has 1 amide bonds. The van der Waals surface area contributed by atoms with E-state index in [1.807, 2.05) is 38.9 Å². The fraction of sp³-hybridized carbons (Fsp3) is 0.360. The van der Waals surface area contributed by atoms with Crippen molar-refractivity contribution in [2.75, 3.05) is 34.3 Å². The first-order valence-electron chi connectivity index (χ1n) is 10.8. The van der Waals surface area contributed by atoms with Crippen molar-refractivity contribution in [3.05, 3.63) is 63.1 Å². The number of hydrogen-bond acceptors (Lipinski definition) is 6. The van der Waals surface area contributed by atoms with Gasteiger partial charge in [-0.1, -0.05) is 41.4 Å². The number of Topliss-reactive ketones (excluding diaryl/α,β-unsaturated/α-hetero) is 1. The summed E-state index contributed by atoms with van der Waals surface area (Å²) in [5.74, 6) is -1.27. The van der Waals surface area contributed by atoms with Crippen molar-refractivity contribution in [1.82, 2.24) is 9.80 Å². The lowest BCUT2D eigenvalue weighted by Crippen LogP contribution is -2.35. The number of likely N-dealkylation sites (tertiary alicyclic amines) is 1.